The number of nitrogens with zero attached hydrogens (tertiary/aromatic N) is 2. The maximum absolute atomic E-state index is 13.1. The van der Waals surface area contributed by atoms with Crippen LogP contribution >= 0.6 is 11.6 Å². The van der Waals surface area contributed by atoms with Crippen molar-refractivity contribution >= 4 is 48.9 Å². The molecule has 2 aromatic rings. The monoisotopic (exact) mass is 515 g/mol. The first-order valence-electron chi connectivity index (χ1n) is 10.2. The Morgan fingerprint density at radius 3 is 2.24 bits per heavy atom. The van der Waals surface area contributed by atoms with E-state index in [-0.39, 0.29) is 22.0 Å². The van der Waals surface area contributed by atoms with Crippen molar-refractivity contribution in [3.8, 4) is 5.75 Å². The van der Waals surface area contributed by atoms with Gasteiger partial charge in [0.15, 0.2) is 0 Å². The first-order chi connectivity index (χ1) is 15.4. The molecule has 0 aromatic heterocycles. The smallest absolute Gasteiger partial charge is 0.248 e. The number of benzene rings is 2. The van der Waals surface area contributed by atoms with Crippen LogP contribution in [0.3, 0.4) is 0 Å². The third-order valence-electron chi connectivity index (χ3n) is 5.30. The summed E-state index contributed by atoms with van der Waals surface area (Å²) in [4.78, 5) is 13.1. The summed E-state index contributed by atoms with van der Waals surface area (Å²) in [6.07, 6.45) is 2.58. The molecule has 3 rings (SSSR count). The Morgan fingerprint density at radius 1 is 1.09 bits per heavy atom. The highest BCUT2D eigenvalue weighted by molar-refractivity contribution is 7.92. The average Bonchev–Trinajstić information content (AvgIpc) is 3.30. The molecule has 1 amide bonds. The van der Waals surface area contributed by atoms with E-state index < -0.39 is 32.0 Å². The standard InChI is InChI=1S/C21H26ClN3O6S2/c1-15(25(32(3,27)28)17-8-6-16(22)7-9-17)21(26)23-19-14-18(10-11-20(19)31-2)33(29,30)24-12-4-5-13-24/h6-11,14-15H,4-5,12-13H2,1-3H3,(H,23,26). The quantitative estimate of drug-likeness (QED) is 0.578. The lowest BCUT2D eigenvalue weighted by Gasteiger charge is -2.28. The minimum Gasteiger partial charge on any atom is -0.495 e. The number of amides is 1. The fourth-order valence-corrected chi connectivity index (χ4v) is 6.50. The van der Waals surface area contributed by atoms with Crippen molar-refractivity contribution in [2.24, 2.45) is 0 Å². The molecule has 0 aliphatic carbocycles. The fraction of sp³-hybridized carbons (Fsp3) is 0.381. The molecule has 33 heavy (non-hydrogen) atoms. The van der Waals surface area contributed by atoms with Crippen LogP contribution < -0.4 is 14.4 Å². The van der Waals surface area contributed by atoms with E-state index in [1.807, 2.05) is 0 Å². The molecule has 0 radical (unpaired) electrons. The lowest BCUT2D eigenvalue weighted by atomic mass is 10.2. The van der Waals surface area contributed by atoms with Crippen LogP contribution in [0.15, 0.2) is 47.4 Å². The summed E-state index contributed by atoms with van der Waals surface area (Å²) in [7, 11) is -6.16. The first-order valence-corrected chi connectivity index (χ1v) is 13.9. The van der Waals surface area contributed by atoms with E-state index in [1.165, 1.54) is 60.8 Å². The molecule has 0 saturated carbocycles. The van der Waals surface area contributed by atoms with Gasteiger partial charge in [0.25, 0.3) is 0 Å². The predicted octanol–water partition coefficient (Wildman–Crippen LogP) is 2.93. The number of ether oxygens (including phenoxy) is 1. The highest BCUT2D eigenvalue weighted by atomic mass is 35.5. The number of sulfonamides is 2. The summed E-state index contributed by atoms with van der Waals surface area (Å²) in [6, 6.07) is 9.09. The minimum absolute atomic E-state index is 0.0193. The van der Waals surface area contributed by atoms with E-state index in [9.17, 15) is 21.6 Å². The molecular formula is C21H26ClN3O6S2. The Kier molecular flexibility index (Phi) is 7.57. The molecule has 12 heteroatoms. The molecular weight excluding hydrogens is 490 g/mol. The highest BCUT2D eigenvalue weighted by Gasteiger charge is 2.31. The second-order valence-corrected chi connectivity index (χ2v) is 11.9. The maximum atomic E-state index is 13.1. The van der Waals surface area contributed by atoms with Gasteiger partial charge >= 0.3 is 0 Å². The van der Waals surface area contributed by atoms with Crippen LogP contribution in [0, 0.1) is 0 Å². The molecule has 180 valence electrons. The summed E-state index contributed by atoms with van der Waals surface area (Å²) in [6.45, 7) is 2.32. The maximum Gasteiger partial charge on any atom is 0.248 e. The number of carbonyl (C=O) groups is 1. The summed E-state index contributed by atoms with van der Waals surface area (Å²) in [5, 5.41) is 3.04. The highest BCUT2D eigenvalue weighted by Crippen LogP contribution is 2.31. The van der Waals surface area contributed by atoms with Gasteiger partial charge in [-0.15, -0.1) is 0 Å². The second kappa shape index (κ2) is 9.88. The molecule has 1 saturated heterocycles. The van der Waals surface area contributed by atoms with Gasteiger partial charge < -0.3 is 10.1 Å². The molecule has 0 bridgehead atoms. The van der Waals surface area contributed by atoms with Crippen LogP contribution in [-0.4, -0.2) is 59.5 Å². The van der Waals surface area contributed by atoms with Crippen LogP contribution in [0.2, 0.25) is 5.02 Å². The predicted molar refractivity (Wildman–Crippen MR) is 128 cm³/mol. The van der Waals surface area contributed by atoms with Gasteiger partial charge in [-0.25, -0.2) is 16.8 Å². The molecule has 1 aliphatic rings. The Morgan fingerprint density at radius 2 is 1.70 bits per heavy atom. The average molecular weight is 516 g/mol. The van der Waals surface area contributed by atoms with Gasteiger partial charge in [0, 0.05) is 18.1 Å². The van der Waals surface area contributed by atoms with Crippen molar-refractivity contribution in [1.82, 2.24) is 4.31 Å². The Labute approximate surface area is 199 Å². The van der Waals surface area contributed by atoms with Gasteiger partial charge in [-0.2, -0.15) is 4.31 Å². The number of rotatable bonds is 8. The third-order valence-corrected chi connectivity index (χ3v) is 8.69. The number of halogens is 1. The molecule has 1 fully saturated rings. The largest absolute Gasteiger partial charge is 0.495 e. The van der Waals surface area contributed by atoms with Gasteiger partial charge in [-0.3, -0.25) is 9.10 Å². The molecule has 0 spiro atoms. The molecule has 2 aromatic carbocycles. The van der Waals surface area contributed by atoms with Gasteiger partial charge in [0.1, 0.15) is 11.8 Å². The second-order valence-electron chi connectivity index (χ2n) is 7.67. The molecule has 1 atom stereocenters. The van der Waals surface area contributed by atoms with Crippen molar-refractivity contribution in [3.63, 3.8) is 0 Å². The van der Waals surface area contributed by atoms with Gasteiger partial charge in [-0.05, 0) is 62.2 Å². The number of carbonyl (C=O) groups excluding carboxylic acids is 1. The normalized spacial score (nSPS) is 15.8. The van der Waals surface area contributed by atoms with Gasteiger partial charge in [0.05, 0.1) is 29.6 Å². The molecule has 1 aliphatic heterocycles. The summed E-state index contributed by atoms with van der Waals surface area (Å²) >= 11 is 5.90. The minimum atomic E-state index is -3.83. The number of anilines is 2. The summed E-state index contributed by atoms with van der Waals surface area (Å²) in [5.74, 6) is -0.419. The van der Waals surface area contributed by atoms with Crippen molar-refractivity contribution < 1.29 is 26.4 Å². The van der Waals surface area contributed by atoms with Crippen molar-refractivity contribution in [2.75, 3.05) is 36.1 Å². The summed E-state index contributed by atoms with van der Waals surface area (Å²) < 4.78 is 58.5. The molecule has 1 unspecified atom stereocenters. The van der Waals surface area contributed by atoms with Gasteiger partial charge in [-0.1, -0.05) is 11.6 Å². The van der Waals surface area contributed by atoms with Crippen molar-refractivity contribution in [2.45, 2.75) is 30.7 Å². The van der Waals surface area contributed by atoms with E-state index in [2.05, 4.69) is 5.32 Å². The third kappa shape index (κ3) is 5.60. The SMILES string of the molecule is COc1ccc(S(=O)(=O)N2CCCC2)cc1NC(=O)C(C)N(c1ccc(Cl)cc1)S(C)(=O)=O. The molecule has 1 N–H and O–H groups in total. The lowest BCUT2D eigenvalue weighted by Crippen LogP contribution is -2.45. The van der Waals surface area contributed by atoms with E-state index in [4.69, 9.17) is 16.3 Å². The lowest BCUT2D eigenvalue weighted by molar-refractivity contribution is -0.116. The van der Waals surface area contributed by atoms with Crippen LogP contribution in [0.5, 0.6) is 5.75 Å². The Hall–Kier alpha value is -2.34. The zero-order chi connectivity index (χ0) is 24.4. The zero-order valence-corrected chi connectivity index (χ0v) is 20.9. The number of methoxy groups -OCH3 is 1. The number of hydrogen-bond donors (Lipinski definition) is 1. The van der Waals surface area contributed by atoms with Crippen molar-refractivity contribution in [1.29, 1.82) is 0 Å². The zero-order valence-electron chi connectivity index (χ0n) is 18.5. The number of hydrogen-bond acceptors (Lipinski definition) is 6. The van der Waals surface area contributed by atoms with Crippen LogP contribution in [0.4, 0.5) is 11.4 Å². The molecule has 1 heterocycles. The topological polar surface area (TPSA) is 113 Å². The van der Waals surface area contributed by atoms with E-state index in [1.54, 1.807) is 0 Å². The van der Waals surface area contributed by atoms with Crippen molar-refractivity contribution in [3.05, 3.63) is 47.5 Å². The molecule has 9 nitrogen and oxygen atoms in total. The summed E-state index contributed by atoms with van der Waals surface area (Å²) in [5.41, 5.74) is 0.390. The van der Waals surface area contributed by atoms with Crippen LogP contribution in [0.25, 0.3) is 0 Å². The number of nitrogens with one attached hydrogen (secondary N) is 1. The Balaban J connectivity index is 1.92. The van der Waals surface area contributed by atoms with E-state index >= 15 is 0 Å². The van der Waals surface area contributed by atoms with E-state index in [0.717, 1.165) is 23.4 Å². The van der Waals surface area contributed by atoms with Crippen LogP contribution in [-0.2, 0) is 24.8 Å². The van der Waals surface area contributed by atoms with Crippen LogP contribution in [0.1, 0.15) is 19.8 Å². The Bertz CT molecular complexity index is 1230. The van der Waals surface area contributed by atoms with E-state index in [0.29, 0.717) is 18.1 Å². The first kappa shape index (κ1) is 25.3. The fourth-order valence-electron chi connectivity index (χ4n) is 3.66. The van der Waals surface area contributed by atoms with Gasteiger partial charge in [0.2, 0.25) is 26.0 Å².